The molecular weight excluding hydrogens is 342 g/mol. The number of anilines is 1. The quantitative estimate of drug-likeness (QED) is 0.614. The first kappa shape index (κ1) is 19.7. The monoisotopic (exact) mass is 365 g/mol. The van der Waals surface area contributed by atoms with Crippen LogP contribution >= 0.6 is 0 Å². The maximum Gasteiger partial charge on any atom is 0.243 e. The summed E-state index contributed by atoms with van der Waals surface area (Å²) >= 11 is 0. The Balaban J connectivity index is 3.40. The van der Waals surface area contributed by atoms with Gasteiger partial charge in [0.1, 0.15) is 10.6 Å². The summed E-state index contributed by atoms with van der Waals surface area (Å²) in [6, 6.07) is 4.03. The summed E-state index contributed by atoms with van der Waals surface area (Å²) < 4.78 is 58.5. The lowest BCUT2D eigenvalue weighted by Crippen LogP contribution is -2.48. The van der Waals surface area contributed by atoms with Crippen LogP contribution < -0.4 is 19.9 Å². The van der Waals surface area contributed by atoms with E-state index < -0.39 is 25.6 Å². The standard InChI is InChI=1S/C13H23N3O5S2/c1-5-22(17,18)15-11-8-10(21-4)6-7-12(11)23(19,20)16-13(2,3)9-14/h6-8,15-16H,5,9,14H2,1-4H3. The summed E-state index contributed by atoms with van der Waals surface area (Å²) in [5, 5.41) is 0. The Hall–Kier alpha value is -1.36. The summed E-state index contributed by atoms with van der Waals surface area (Å²) in [4.78, 5) is -0.197. The molecule has 0 aliphatic heterocycles. The van der Waals surface area contributed by atoms with Gasteiger partial charge < -0.3 is 10.5 Å². The van der Waals surface area contributed by atoms with E-state index in [0.717, 1.165) is 0 Å². The Bertz CT molecular complexity index is 758. The van der Waals surface area contributed by atoms with Crippen LogP contribution in [0, 0.1) is 0 Å². The van der Waals surface area contributed by atoms with Crippen LogP contribution in [-0.2, 0) is 20.0 Å². The topological polar surface area (TPSA) is 128 Å². The predicted molar refractivity (Wildman–Crippen MR) is 89.5 cm³/mol. The highest BCUT2D eigenvalue weighted by atomic mass is 32.2. The maximum atomic E-state index is 12.6. The SMILES string of the molecule is CCS(=O)(=O)Nc1cc(OC)ccc1S(=O)(=O)NC(C)(C)CN. The molecule has 0 saturated heterocycles. The van der Waals surface area contributed by atoms with Crippen LogP contribution in [0.25, 0.3) is 0 Å². The fraction of sp³-hybridized carbons (Fsp3) is 0.538. The van der Waals surface area contributed by atoms with E-state index in [4.69, 9.17) is 10.5 Å². The second-order valence-corrected chi connectivity index (χ2v) is 9.22. The molecule has 0 radical (unpaired) electrons. The van der Waals surface area contributed by atoms with Gasteiger partial charge in [-0.05, 0) is 32.9 Å². The largest absolute Gasteiger partial charge is 0.497 e. The van der Waals surface area contributed by atoms with E-state index in [1.54, 1.807) is 13.8 Å². The molecule has 1 aromatic carbocycles. The van der Waals surface area contributed by atoms with Crippen molar-refractivity contribution in [2.75, 3.05) is 24.1 Å². The summed E-state index contributed by atoms with van der Waals surface area (Å²) in [5.74, 6) is 0.140. The van der Waals surface area contributed by atoms with Crippen molar-refractivity contribution in [2.45, 2.75) is 31.2 Å². The third kappa shape index (κ3) is 5.34. The van der Waals surface area contributed by atoms with Crippen LogP contribution in [0.2, 0.25) is 0 Å². The van der Waals surface area contributed by atoms with Crippen LogP contribution in [-0.4, -0.2) is 41.8 Å². The van der Waals surface area contributed by atoms with Crippen molar-refractivity contribution >= 4 is 25.7 Å². The third-order valence-electron chi connectivity index (χ3n) is 3.04. The smallest absolute Gasteiger partial charge is 0.243 e. The molecule has 0 unspecified atom stereocenters. The summed E-state index contributed by atoms with van der Waals surface area (Å²) in [5.41, 5.74) is 4.59. The molecule has 0 amide bonds. The van der Waals surface area contributed by atoms with E-state index in [9.17, 15) is 16.8 Å². The molecule has 0 aliphatic carbocycles. The van der Waals surface area contributed by atoms with Crippen molar-refractivity contribution in [1.82, 2.24) is 4.72 Å². The van der Waals surface area contributed by atoms with Crippen molar-refractivity contribution in [2.24, 2.45) is 5.73 Å². The zero-order chi connectivity index (χ0) is 17.9. The van der Waals surface area contributed by atoms with Crippen molar-refractivity contribution < 1.29 is 21.6 Å². The van der Waals surface area contributed by atoms with E-state index in [0.29, 0.717) is 5.75 Å². The molecular formula is C13H23N3O5S2. The fourth-order valence-electron chi connectivity index (χ4n) is 1.65. The second-order valence-electron chi connectivity index (χ2n) is 5.56. The lowest BCUT2D eigenvalue weighted by Gasteiger charge is -2.24. The van der Waals surface area contributed by atoms with Gasteiger partial charge in [0.15, 0.2) is 0 Å². The molecule has 132 valence electrons. The van der Waals surface area contributed by atoms with Crippen molar-refractivity contribution in [3.63, 3.8) is 0 Å². The van der Waals surface area contributed by atoms with Crippen LogP contribution in [0.3, 0.4) is 0 Å². The van der Waals surface area contributed by atoms with Gasteiger partial charge in [-0.25, -0.2) is 21.6 Å². The van der Waals surface area contributed by atoms with Gasteiger partial charge in [-0.1, -0.05) is 0 Å². The molecule has 0 saturated carbocycles. The molecule has 0 heterocycles. The van der Waals surface area contributed by atoms with E-state index in [-0.39, 0.29) is 22.9 Å². The first-order chi connectivity index (χ1) is 10.5. The number of hydrogen-bond acceptors (Lipinski definition) is 6. The van der Waals surface area contributed by atoms with Crippen molar-refractivity contribution in [1.29, 1.82) is 0 Å². The van der Waals surface area contributed by atoms with Crippen LogP contribution in [0.1, 0.15) is 20.8 Å². The zero-order valence-electron chi connectivity index (χ0n) is 13.6. The normalized spacial score (nSPS) is 12.9. The predicted octanol–water partition coefficient (Wildman–Crippen LogP) is 0.472. The van der Waals surface area contributed by atoms with E-state index in [1.165, 1.54) is 32.2 Å². The molecule has 0 bridgehead atoms. The van der Waals surface area contributed by atoms with Gasteiger partial charge in [0.05, 0.1) is 18.6 Å². The molecule has 1 rings (SSSR count). The van der Waals surface area contributed by atoms with Gasteiger partial charge in [0, 0.05) is 18.2 Å². The molecule has 0 aromatic heterocycles. The third-order valence-corrected chi connectivity index (χ3v) is 6.09. The molecule has 0 aliphatic rings. The minimum Gasteiger partial charge on any atom is -0.497 e. The minimum atomic E-state index is -3.98. The molecule has 0 spiro atoms. The van der Waals surface area contributed by atoms with Crippen molar-refractivity contribution in [3.8, 4) is 5.75 Å². The zero-order valence-corrected chi connectivity index (χ0v) is 15.2. The van der Waals surface area contributed by atoms with Gasteiger partial charge in [-0.3, -0.25) is 4.72 Å². The highest BCUT2D eigenvalue weighted by Gasteiger charge is 2.28. The Morgan fingerprint density at radius 1 is 1.22 bits per heavy atom. The van der Waals surface area contributed by atoms with E-state index in [2.05, 4.69) is 9.44 Å². The van der Waals surface area contributed by atoms with Crippen LogP contribution in [0.4, 0.5) is 5.69 Å². The van der Waals surface area contributed by atoms with Gasteiger partial charge in [0.25, 0.3) is 0 Å². The van der Waals surface area contributed by atoms with E-state index >= 15 is 0 Å². The Labute approximate surface area is 137 Å². The molecule has 23 heavy (non-hydrogen) atoms. The number of hydrogen-bond donors (Lipinski definition) is 3. The Morgan fingerprint density at radius 2 is 1.83 bits per heavy atom. The molecule has 8 nitrogen and oxygen atoms in total. The summed E-state index contributed by atoms with van der Waals surface area (Å²) in [6.07, 6.45) is 0. The lowest BCUT2D eigenvalue weighted by atomic mass is 10.1. The molecule has 0 fully saturated rings. The number of rotatable bonds is 8. The van der Waals surface area contributed by atoms with Crippen LogP contribution in [0.15, 0.2) is 23.1 Å². The number of methoxy groups -OCH3 is 1. The molecule has 10 heteroatoms. The first-order valence-electron chi connectivity index (χ1n) is 6.89. The van der Waals surface area contributed by atoms with Gasteiger partial charge in [-0.2, -0.15) is 0 Å². The summed E-state index contributed by atoms with van der Waals surface area (Å²) in [6.45, 7) is 4.79. The highest BCUT2D eigenvalue weighted by Crippen LogP contribution is 2.28. The van der Waals surface area contributed by atoms with Gasteiger partial charge in [0.2, 0.25) is 20.0 Å². The Morgan fingerprint density at radius 3 is 2.30 bits per heavy atom. The fourth-order valence-corrected chi connectivity index (χ4v) is 3.93. The highest BCUT2D eigenvalue weighted by molar-refractivity contribution is 7.93. The summed E-state index contributed by atoms with van der Waals surface area (Å²) in [7, 11) is -6.23. The minimum absolute atomic E-state index is 0.0773. The average molecular weight is 365 g/mol. The van der Waals surface area contributed by atoms with Gasteiger partial charge in [-0.15, -0.1) is 0 Å². The number of ether oxygens (including phenoxy) is 1. The number of benzene rings is 1. The molecule has 4 N–H and O–H groups in total. The number of nitrogens with two attached hydrogens (primary N) is 1. The van der Waals surface area contributed by atoms with E-state index in [1.807, 2.05) is 0 Å². The first-order valence-corrected chi connectivity index (χ1v) is 10.0. The Kier molecular flexibility index (Phi) is 6.02. The van der Waals surface area contributed by atoms with Gasteiger partial charge >= 0.3 is 0 Å². The lowest BCUT2D eigenvalue weighted by molar-refractivity contribution is 0.414. The number of sulfonamides is 2. The van der Waals surface area contributed by atoms with Crippen molar-refractivity contribution in [3.05, 3.63) is 18.2 Å². The average Bonchev–Trinajstić information content (AvgIpc) is 2.45. The molecule has 0 atom stereocenters. The number of nitrogens with one attached hydrogen (secondary N) is 2. The maximum absolute atomic E-state index is 12.6. The molecule has 1 aromatic rings. The second kappa shape index (κ2) is 7.04. The van der Waals surface area contributed by atoms with Crippen LogP contribution in [0.5, 0.6) is 5.75 Å².